The van der Waals surface area contributed by atoms with E-state index in [4.69, 9.17) is 11.6 Å². The summed E-state index contributed by atoms with van der Waals surface area (Å²) in [5.74, 6) is 0.995. The minimum Gasteiger partial charge on any atom is -0.374 e. The highest BCUT2D eigenvalue weighted by molar-refractivity contribution is 6.30. The van der Waals surface area contributed by atoms with E-state index in [1.807, 2.05) is 18.2 Å². The Kier molecular flexibility index (Phi) is 7.18. The Morgan fingerprint density at radius 1 is 1.47 bits per heavy atom. The van der Waals surface area contributed by atoms with Crippen LogP contribution in [0.1, 0.15) is 12.5 Å². The number of rotatable bonds is 3. The summed E-state index contributed by atoms with van der Waals surface area (Å²) >= 11 is 5.89. The van der Waals surface area contributed by atoms with Crippen LogP contribution >= 0.6 is 24.0 Å². The molecule has 0 atom stereocenters. The quantitative estimate of drug-likeness (QED) is 0.644. The predicted molar refractivity (Wildman–Crippen MR) is 69.4 cm³/mol. The fraction of sp³-hybridized carbons (Fsp3) is 0.364. The highest BCUT2D eigenvalue weighted by Gasteiger charge is 1.99. The van der Waals surface area contributed by atoms with Crippen molar-refractivity contribution >= 4 is 29.8 Å². The molecule has 0 saturated heterocycles. The third-order valence-electron chi connectivity index (χ3n) is 1.91. The third-order valence-corrected chi connectivity index (χ3v) is 2.15. The van der Waals surface area contributed by atoms with Crippen molar-refractivity contribution in [2.24, 2.45) is 4.99 Å². The van der Waals surface area contributed by atoms with Gasteiger partial charge in [-0.25, -0.2) is 0 Å². The lowest BCUT2D eigenvalue weighted by Gasteiger charge is -2.07. The molecule has 2 nitrogen and oxygen atoms in total. The normalized spacial score (nSPS) is 10.7. The zero-order valence-electron chi connectivity index (χ0n) is 8.96. The van der Waals surface area contributed by atoms with Crippen LogP contribution in [0.4, 0.5) is 0 Å². The molecule has 1 N–H and O–H groups in total. The molecule has 15 heavy (non-hydrogen) atoms. The van der Waals surface area contributed by atoms with Crippen LogP contribution in [-0.4, -0.2) is 19.4 Å². The van der Waals surface area contributed by atoms with Crippen LogP contribution in [0.2, 0.25) is 5.02 Å². The zero-order valence-corrected chi connectivity index (χ0v) is 10.5. The second-order valence-corrected chi connectivity index (χ2v) is 3.44. The Morgan fingerprint density at radius 2 is 2.20 bits per heavy atom. The van der Waals surface area contributed by atoms with Gasteiger partial charge in [0, 0.05) is 25.0 Å². The molecule has 0 saturated carbocycles. The van der Waals surface area contributed by atoms with Gasteiger partial charge in [-0.2, -0.15) is 0 Å². The first-order valence-electron chi connectivity index (χ1n) is 4.70. The Labute approximate surface area is 102 Å². The largest absolute Gasteiger partial charge is 0.374 e. The second-order valence-electron chi connectivity index (χ2n) is 3.01. The molecule has 0 amide bonds. The van der Waals surface area contributed by atoms with Gasteiger partial charge in [-0.3, -0.25) is 4.99 Å². The lowest BCUT2D eigenvalue weighted by Crippen LogP contribution is -2.24. The molecule has 0 aliphatic rings. The number of hydrogen-bond acceptors (Lipinski definition) is 1. The van der Waals surface area contributed by atoms with E-state index in [0.717, 1.165) is 23.8 Å². The van der Waals surface area contributed by atoms with Gasteiger partial charge in [-0.1, -0.05) is 23.7 Å². The van der Waals surface area contributed by atoms with Gasteiger partial charge in [0.1, 0.15) is 5.84 Å². The molecular formula is C11H16Cl2N2. The van der Waals surface area contributed by atoms with Crippen molar-refractivity contribution in [3.63, 3.8) is 0 Å². The summed E-state index contributed by atoms with van der Waals surface area (Å²) in [6.45, 7) is 2.95. The molecule has 0 aromatic heterocycles. The summed E-state index contributed by atoms with van der Waals surface area (Å²) in [5, 5.41) is 3.98. The number of nitrogens with zero attached hydrogens (tertiary/aromatic N) is 1. The molecule has 0 radical (unpaired) electrons. The molecule has 0 bridgehead atoms. The van der Waals surface area contributed by atoms with Crippen LogP contribution < -0.4 is 5.32 Å². The Hall–Kier alpha value is -0.730. The first kappa shape index (κ1) is 14.3. The van der Waals surface area contributed by atoms with Gasteiger partial charge in [0.2, 0.25) is 0 Å². The van der Waals surface area contributed by atoms with Crippen molar-refractivity contribution in [1.82, 2.24) is 5.32 Å². The minimum absolute atomic E-state index is 0. The Morgan fingerprint density at radius 3 is 2.73 bits per heavy atom. The van der Waals surface area contributed by atoms with Gasteiger partial charge in [-0.05, 0) is 24.6 Å². The van der Waals surface area contributed by atoms with Crippen LogP contribution in [-0.2, 0) is 6.42 Å². The number of benzene rings is 1. The standard InChI is InChI=1S/C11H15ClN2.ClH/c1-3-14-11(13-2)8-9-5-4-6-10(12)7-9;/h4-7H,3,8H2,1-2H3,(H,13,14);1H. The van der Waals surface area contributed by atoms with Gasteiger partial charge >= 0.3 is 0 Å². The number of amidine groups is 1. The minimum atomic E-state index is 0. The van der Waals surface area contributed by atoms with E-state index in [1.165, 1.54) is 5.56 Å². The third kappa shape index (κ3) is 5.05. The first-order chi connectivity index (χ1) is 6.76. The lowest BCUT2D eigenvalue weighted by molar-refractivity contribution is 0.937. The lowest BCUT2D eigenvalue weighted by atomic mass is 10.1. The predicted octanol–water partition coefficient (Wildman–Crippen LogP) is 2.94. The summed E-state index contributed by atoms with van der Waals surface area (Å²) < 4.78 is 0. The monoisotopic (exact) mass is 246 g/mol. The average Bonchev–Trinajstić information content (AvgIpc) is 2.17. The number of nitrogens with one attached hydrogen (secondary N) is 1. The topological polar surface area (TPSA) is 24.4 Å². The van der Waals surface area contributed by atoms with E-state index < -0.39 is 0 Å². The SMILES string of the molecule is CCNC(Cc1cccc(Cl)c1)=NC.Cl. The number of aliphatic imine (C=N–C) groups is 1. The summed E-state index contributed by atoms with van der Waals surface area (Å²) in [7, 11) is 1.79. The molecule has 1 rings (SSSR count). The average molecular weight is 247 g/mol. The van der Waals surface area contributed by atoms with Crippen molar-refractivity contribution in [1.29, 1.82) is 0 Å². The molecule has 4 heteroatoms. The van der Waals surface area contributed by atoms with Gasteiger partial charge in [0.05, 0.1) is 0 Å². The fourth-order valence-corrected chi connectivity index (χ4v) is 1.48. The number of likely N-dealkylation sites (N-methyl/N-ethyl adjacent to an activating group) is 1. The molecule has 0 spiro atoms. The van der Waals surface area contributed by atoms with E-state index in [9.17, 15) is 0 Å². The fourth-order valence-electron chi connectivity index (χ4n) is 1.26. The first-order valence-corrected chi connectivity index (χ1v) is 5.08. The summed E-state index contributed by atoms with van der Waals surface area (Å²) in [6.07, 6.45) is 0.810. The summed E-state index contributed by atoms with van der Waals surface area (Å²) in [6, 6.07) is 7.84. The van der Waals surface area contributed by atoms with Crippen molar-refractivity contribution < 1.29 is 0 Å². The van der Waals surface area contributed by atoms with Crippen molar-refractivity contribution in [3.8, 4) is 0 Å². The smallest absolute Gasteiger partial charge is 0.100 e. The van der Waals surface area contributed by atoms with Crippen molar-refractivity contribution in [3.05, 3.63) is 34.9 Å². The van der Waals surface area contributed by atoms with E-state index in [2.05, 4.69) is 23.3 Å². The van der Waals surface area contributed by atoms with Gasteiger partial charge in [0.25, 0.3) is 0 Å². The van der Waals surface area contributed by atoms with Crippen LogP contribution in [0.15, 0.2) is 29.3 Å². The molecule has 0 aliphatic heterocycles. The van der Waals surface area contributed by atoms with Gasteiger partial charge < -0.3 is 5.32 Å². The Bertz CT molecular complexity index is 324. The van der Waals surface area contributed by atoms with E-state index in [0.29, 0.717) is 0 Å². The second kappa shape index (κ2) is 7.55. The van der Waals surface area contributed by atoms with E-state index in [-0.39, 0.29) is 12.4 Å². The molecule has 0 aliphatic carbocycles. The maximum atomic E-state index is 5.89. The molecule has 1 aromatic carbocycles. The van der Waals surface area contributed by atoms with E-state index >= 15 is 0 Å². The molecule has 0 fully saturated rings. The molecule has 1 aromatic rings. The molecule has 84 valence electrons. The Balaban J connectivity index is 0.00000196. The van der Waals surface area contributed by atoms with Crippen LogP contribution in [0.25, 0.3) is 0 Å². The zero-order chi connectivity index (χ0) is 10.4. The molecule has 0 heterocycles. The maximum absolute atomic E-state index is 5.89. The number of halogens is 2. The van der Waals surface area contributed by atoms with Gasteiger partial charge in [-0.15, -0.1) is 12.4 Å². The van der Waals surface area contributed by atoms with Crippen LogP contribution in [0, 0.1) is 0 Å². The molecule has 0 unspecified atom stereocenters. The van der Waals surface area contributed by atoms with Gasteiger partial charge in [0.15, 0.2) is 0 Å². The van der Waals surface area contributed by atoms with Crippen LogP contribution in [0.3, 0.4) is 0 Å². The highest BCUT2D eigenvalue weighted by atomic mass is 35.5. The van der Waals surface area contributed by atoms with Crippen LogP contribution in [0.5, 0.6) is 0 Å². The highest BCUT2D eigenvalue weighted by Crippen LogP contribution is 2.11. The maximum Gasteiger partial charge on any atom is 0.100 e. The number of hydrogen-bond donors (Lipinski definition) is 1. The van der Waals surface area contributed by atoms with Crippen molar-refractivity contribution in [2.75, 3.05) is 13.6 Å². The van der Waals surface area contributed by atoms with Crippen molar-refractivity contribution in [2.45, 2.75) is 13.3 Å². The summed E-state index contributed by atoms with van der Waals surface area (Å²) in [4.78, 5) is 4.17. The molecular weight excluding hydrogens is 231 g/mol. The summed E-state index contributed by atoms with van der Waals surface area (Å²) in [5.41, 5.74) is 1.18. The van der Waals surface area contributed by atoms with E-state index in [1.54, 1.807) is 7.05 Å².